The molecule has 0 aliphatic rings. The molecule has 1 aromatic heterocycles. The molecule has 0 saturated carbocycles. The fraction of sp³-hybridized carbons (Fsp3) is 0.286. The van der Waals surface area contributed by atoms with Crippen LogP contribution in [0.4, 0.5) is 5.69 Å². The number of nitrogens with two attached hydrogens (primary N) is 1. The topological polar surface area (TPSA) is 72.2 Å². The van der Waals surface area contributed by atoms with E-state index in [-0.39, 0.29) is 0 Å². The van der Waals surface area contributed by atoms with E-state index in [0.717, 1.165) is 20.9 Å². The van der Waals surface area contributed by atoms with Gasteiger partial charge in [-0.15, -0.1) is 11.3 Å². The molecule has 20 heavy (non-hydrogen) atoms. The molecule has 0 aliphatic heterocycles. The van der Waals surface area contributed by atoms with E-state index < -0.39 is 10.0 Å². The van der Waals surface area contributed by atoms with E-state index in [1.165, 1.54) is 11.3 Å². The molecule has 0 atom stereocenters. The van der Waals surface area contributed by atoms with E-state index in [2.05, 4.69) is 4.72 Å². The number of nitrogens with one attached hydrogen (secondary N) is 1. The van der Waals surface area contributed by atoms with Crippen LogP contribution in [0.5, 0.6) is 0 Å². The summed E-state index contributed by atoms with van der Waals surface area (Å²) in [6, 6.07) is 7.15. The zero-order valence-electron chi connectivity index (χ0n) is 11.7. The minimum absolute atomic E-state index is 0.307. The SMILES string of the molecule is Cc1ccc(NS(=O)(=O)c2cc(CN)sc2C)cc1C. The second kappa shape index (κ2) is 5.55. The summed E-state index contributed by atoms with van der Waals surface area (Å²) in [7, 11) is -3.56. The fourth-order valence-electron chi connectivity index (χ4n) is 1.91. The van der Waals surface area contributed by atoms with Crippen molar-refractivity contribution in [1.82, 2.24) is 0 Å². The largest absolute Gasteiger partial charge is 0.326 e. The zero-order chi connectivity index (χ0) is 14.9. The predicted molar refractivity (Wildman–Crippen MR) is 83.7 cm³/mol. The molecule has 0 amide bonds. The summed E-state index contributed by atoms with van der Waals surface area (Å²) in [6.45, 7) is 6.09. The standard InChI is InChI=1S/C14H18N2O2S2/c1-9-4-5-12(6-10(9)2)16-20(17,18)14-7-13(8-15)19-11(14)3/h4-7,16H,8,15H2,1-3H3. The highest BCUT2D eigenvalue weighted by Gasteiger charge is 2.19. The number of hydrogen-bond donors (Lipinski definition) is 2. The van der Waals surface area contributed by atoms with E-state index in [4.69, 9.17) is 5.73 Å². The summed E-state index contributed by atoms with van der Waals surface area (Å²) < 4.78 is 27.4. The molecule has 1 heterocycles. The summed E-state index contributed by atoms with van der Waals surface area (Å²) in [5.74, 6) is 0. The Balaban J connectivity index is 2.35. The maximum Gasteiger partial charge on any atom is 0.263 e. The van der Waals surface area contributed by atoms with Gasteiger partial charge in [0.05, 0.1) is 0 Å². The van der Waals surface area contributed by atoms with Crippen molar-refractivity contribution in [2.75, 3.05) is 4.72 Å². The van der Waals surface area contributed by atoms with Gasteiger partial charge in [0.1, 0.15) is 4.90 Å². The van der Waals surface area contributed by atoms with Crippen molar-refractivity contribution in [3.8, 4) is 0 Å². The molecule has 1 aromatic carbocycles. The summed E-state index contributed by atoms with van der Waals surface area (Å²) >= 11 is 1.41. The summed E-state index contributed by atoms with van der Waals surface area (Å²) in [6.07, 6.45) is 0. The Morgan fingerprint density at radius 2 is 1.85 bits per heavy atom. The molecule has 0 saturated heterocycles. The minimum Gasteiger partial charge on any atom is -0.326 e. The number of benzene rings is 1. The van der Waals surface area contributed by atoms with E-state index in [1.54, 1.807) is 19.1 Å². The molecular formula is C14H18N2O2S2. The first-order valence-corrected chi connectivity index (χ1v) is 8.53. The van der Waals surface area contributed by atoms with Crippen LogP contribution in [0.25, 0.3) is 0 Å². The van der Waals surface area contributed by atoms with Gasteiger partial charge in [0.15, 0.2) is 0 Å². The number of anilines is 1. The Kier molecular flexibility index (Phi) is 4.17. The second-order valence-corrected chi connectivity index (χ2v) is 7.73. The Morgan fingerprint density at radius 3 is 2.40 bits per heavy atom. The lowest BCUT2D eigenvalue weighted by Gasteiger charge is -2.09. The molecule has 0 bridgehead atoms. The number of hydrogen-bond acceptors (Lipinski definition) is 4. The molecule has 4 nitrogen and oxygen atoms in total. The lowest BCUT2D eigenvalue weighted by atomic mass is 10.1. The maximum atomic E-state index is 12.4. The lowest BCUT2D eigenvalue weighted by Crippen LogP contribution is -2.13. The first kappa shape index (κ1) is 15.0. The van der Waals surface area contributed by atoms with Crippen LogP contribution in [0.15, 0.2) is 29.2 Å². The van der Waals surface area contributed by atoms with Crippen molar-refractivity contribution >= 4 is 27.0 Å². The van der Waals surface area contributed by atoms with Crippen molar-refractivity contribution in [3.63, 3.8) is 0 Å². The van der Waals surface area contributed by atoms with Crippen molar-refractivity contribution in [2.45, 2.75) is 32.2 Å². The van der Waals surface area contributed by atoms with Gasteiger partial charge >= 0.3 is 0 Å². The van der Waals surface area contributed by atoms with Gasteiger partial charge in [0.25, 0.3) is 10.0 Å². The van der Waals surface area contributed by atoms with Crippen molar-refractivity contribution in [1.29, 1.82) is 0 Å². The Bertz CT molecular complexity index is 734. The number of rotatable bonds is 4. The average Bonchev–Trinajstić information content (AvgIpc) is 2.76. The highest BCUT2D eigenvalue weighted by Crippen LogP contribution is 2.27. The molecule has 108 valence electrons. The molecule has 2 aromatic rings. The average molecular weight is 310 g/mol. The van der Waals surface area contributed by atoms with Crippen LogP contribution in [0.1, 0.15) is 20.9 Å². The number of thiophene rings is 1. The van der Waals surface area contributed by atoms with Gasteiger partial charge < -0.3 is 5.73 Å². The smallest absolute Gasteiger partial charge is 0.263 e. The van der Waals surface area contributed by atoms with Gasteiger partial charge in [-0.2, -0.15) is 0 Å². The molecule has 0 fully saturated rings. The van der Waals surface area contributed by atoms with Crippen LogP contribution in [-0.2, 0) is 16.6 Å². The van der Waals surface area contributed by atoms with Crippen LogP contribution in [-0.4, -0.2) is 8.42 Å². The molecule has 2 rings (SSSR count). The molecule has 3 N–H and O–H groups in total. The van der Waals surface area contributed by atoms with Gasteiger partial charge in [0, 0.05) is 22.0 Å². The van der Waals surface area contributed by atoms with Gasteiger partial charge in [0.2, 0.25) is 0 Å². The monoisotopic (exact) mass is 310 g/mol. The van der Waals surface area contributed by atoms with Crippen molar-refractivity contribution in [2.24, 2.45) is 5.73 Å². The second-order valence-electron chi connectivity index (χ2n) is 4.74. The number of sulfonamides is 1. The quantitative estimate of drug-likeness (QED) is 0.912. The highest BCUT2D eigenvalue weighted by molar-refractivity contribution is 7.93. The Labute approximate surface area is 123 Å². The predicted octanol–water partition coefficient (Wildman–Crippen LogP) is 2.93. The van der Waals surface area contributed by atoms with E-state index >= 15 is 0 Å². The Hall–Kier alpha value is -1.37. The van der Waals surface area contributed by atoms with Crippen LogP contribution < -0.4 is 10.5 Å². The normalized spacial score (nSPS) is 11.6. The van der Waals surface area contributed by atoms with E-state index in [0.29, 0.717) is 17.1 Å². The van der Waals surface area contributed by atoms with E-state index in [1.807, 2.05) is 26.0 Å². The zero-order valence-corrected chi connectivity index (χ0v) is 13.4. The van der Waals surface area contributed by atoms with Gasteiger partial charge in [-0.25, -0.2) is 8.42 Å². The third kappa shape index (κ3) is 3.03. The lowest BCUT2D eigenvalue weighted by molar-refractivity contribution is 0.601. The summed E-state index contributed by atoms with van der Waals surface area (Å²) in [5, 5.41) is 0. The molecule has 0 spiro atoms. The van der Waals surface area contributed by atoms with Crippen molar-refractivity contribution in [3.05, 3.63) is 45.1 Å². The minimum atomic E-state index is -3.56. The van der Waals surface area contributed by atoms with Gasteiger partial charge in [-0.05, 0) is 50.1 Å². The van der Waals surface area contributed by atoms with Crippen LogP contribution >= 0.6 is 11.3 Å². The molecule has 6 heteroatoms. The molecule has 0 aliphatic carbocycles. The fourth-order valence-corrected chi connectivity index (χ4v) is 4.47. The third-order valence-corrected chi connectivity index (χ3v) is 5.88. The van der Waals surface area contributed by atoms with Crippen LogP contribution in [0.2, 0.25) is 0 Å². The molecular weight excluding hydrogens is 292 g/mol. The Morgan fingerprint density at radius 1 is 1.15 bits per heavy atom. The molecule has 0 unspecified atom stereocenters. The highest BCUT2D eigenvalue weighted by atomic mass is 32.2. The van der Waals surface area contributed by atoms with Gasteiger partial charge in [-0.3, -0.25) is 4.72 Å². The third-order valence-electron chi connectivity index (χ3n) is 3.17. The summed E-state index contributed by atoms with van der Waals surface area (Å²) in [4.78, 5) is 1.92. The molecule has 0 radical (unpaired) electrons. The van der Waals surface area contributed by atoms with Crippen molar-refractivity contribution < 1.29 is 8.42 Å². The van der Waals surface area contributed by atoms with Gasteiger partial charge in [-0.1, -0.05) is 6.07 Å². The number of aryl methyl sites for hydroxylation is 3. The first-order chi connectivity index (χ1) is 9.33. The van der Waals surface area contributed by atoms with Crippen LogP contribution in [0, 0.1) is 20.8 Å². The first-order valence-electron chi connectivity index (χ1n) is 6.23. The van der Waals surface area contributed by atoms with E-state index in [9.17, 15) is 8.42 Å². The van der Waals surface area contributed by atoms with Crippen LogP contribution in [0.3, 0.4) is 0 Å². The maximum absolute atomic E-state index is 12.4. The summed E-state index contributed by atoms with van der Waals surface area (Å²) in [5.41, 5.74) is 8.32.